The van der Waals surface area contributed by atoms with Gasteiger partial charge in [0.15, 0.2) is 0 Å². The molecule has 0 amide bonds. The largest absolute Gasteiger partial charge is 0.392 e. The maximum Gasteiger partial charge on any atom is 0.0667 e. The molecular weight excluding hydrogens is 222 g/mol. The molecule has 3 atom stereocenters. The third kappa shape index (κ3) is 4.24. The van der Waals surface area contributed by atoms with Crippen LogP contribution in [0.3, 0.4) is 0 Å². The molecule has 0 spiro atoms. The van der Waals surface area contributed by atoms with Gasteiger partial charge in [-0.25, -0.2) is 0 Å². The minimum absolute atomic E-state index is 0.118. The Morgan fingerprint density at radius 3 is 2.44 bits per heavy atom. The molecule has 0 aliphatic heterocycles. The Hall–Kier alpha value is -0.0800. The second-order valence-corrected chi connectivity index (χ2v) is 6.51. The van der Waals surface area contributed by atoms with E-state index in [1.807, 2.05) is 0 Å². The summed E-state index contributed by atoms with van der Waals surface area (Å²) < 4.78 is 0. The van der Waals surface area contributed by atoms with Gasteiger partial charge in [-0.05, 0) is 31.1 Å². The Labute approximate surface area is 113 Å². The van der Waals surface area contributed by atoms with E-state index in [2.05, 4.69) is 12.2 Å². The summed E-state index contributed by atoms with van der Waals surface area (Å²) >= 11 is 0. The number of hydrogen-bond acceptors (Lipinski definition) is 2. The van der Waals surface area contributed by atoms with Crippen LogP contribution in [0.25, 0.3) is 0 Å². The summed E-state index contributed by atoms with van der Waals surface area (Å²) in [5, 5.41) is 13.8. The molecule has 2 rings (SSSR count). The fourth-order valence-corrected chi connectivity index (χ4v) is 3.97. The SMILES string of the molecule is CCC1CCCCC1NCC(O)CC1CCCC1. The van der Waals surface area contributed by atoms with Crippen LogP contribution in [0.4, 0.5) is 0 Å². The third-order valence-electron chi connectivity index (χ3n) is 5.13. The van der Waals surface area contributed by atoms with Gasteiger partial charge in [-0.15, -0.1) is 0 Å². The standard InChI is InChI=1S/C16H31NO/c1-2-14-9-5-6-10-16(14)17-12-15(18)11-13-7-3-4-8-13/h13-18H,2-12H2,1H3. The minimum atomic E-state index is -0.118. The molecule has 0 aromatic carbocycles. The lowest BCUT2D eigenvalue weighted by Gasteiger charge is -2.32. The summed E-state index contributed by atoms with van der Waals surface area (Å²) in [4.78, 5) is 0. The fourth-order valence-electron chi connectivity index (χ4n) is 3.97. The summed E-state index contributed by atoms with van der Waals surface area (Å²) in [5.74, 6) is 1.65. The van der Waals surface area contributed by atoms with Crippen molar-refractivity contribution in [2.75, 3.05) is 6.54 Å². The molecule has 0 bridgehead atoms. The molecule has 2 saturated carbocycles. The molecular formula is C16H31NO. The molecule has 2 nitrogen and oxygen atoms in total. The quantitative estimate of drug-likeness (QED) is 0.759. The van der Waals surface area contributed by atoms with Crippen molar-refractivity contribution in [3.8, 4) is 0 Å². The zero-order valence-corrected chi connectivity index (χ0v) is 12.0. The number of aliphatic hydroxyl groups excluding tert-OH is 1. The summed E-state index contributed by atoms with van der Waals surface area (Å²) in [5.41, 5.74) is 0. The monoisotopic (exact) mass is 253 g/mol. The number of aliphatic hydroxyl groups is 1. The highest BCUT2D eigenvalue weighted by Gasteiger charge is 2.24. The first kappa shape index (κ1) is 14.3. The van der Waals surface area contributed by atoms with Crippen molar-refractivity contribution >= 4 is 0 Å². The van der Waals surface area contributed by atoms with Crippen LogP contribution in [0.5, 0.6) is 0 Å². The second kappa shape index (κ2) is 7.49. The van der Waals surface area contributed by atoms with Crippen LogP contribution in [0, 0.1) is 11.8 Å². The third-order valence-corrected chi connectivity index (χ3v) is 5.13. The zero-order valence-electron chi connectivity index (χ0n) is 12.0. The van der Waals surface area contributed by atoms with Gasteiger partial charge in [-0.1, -0.05) is 51.9 Å². The van der Waals surface area contributed by atoms with Crippen molar-refractivity contribution in [3.05, 3.63) is 0 Å². The first-order valence-corrected chi connectivity index (χ1v) is 8.21. The van der Waals surface area contributed by atoms with Crippen LogP contribution in [0.1, 0.15) is 71.1 Å². The zero-order chi connectivity index (χ0) is 12.8. The van der Waals surface area contributed by atoms with E-state index in [9.17, 15) is 5.11 Å². The van der Waals surface area contributed by atoms with Gasteiger partial charge in [0.05, 0.1) is 6.10 Å². The number of hydrogen-bond donors (Lipinski definition) is 2. The molecule has 0 radical (unpaired) electrons. The highest BCUT2D eigenvalue weighted by molar-refractivity contribution is 4.81. The average molecular weight is 253 g/mol. The van der Waals surface area contributed by atoms with Gasteiger partial charge >= 0.3 is 0 Å². The number of nitrogens with one attached hydrogen (secondary N) is 1. The van der Waals surface area contributed by atoms with Crippen molar-refractivity contribution in [1.29, 1.82) is 0 Å². The summed E-state index contributed by atoms with van der Waals surface area (Å²) in [7, 11) is 0. The lowest BCUT2D eigenvalue weighted by molar-refractivity contribution is 0.127. The van der Waals surface area contributed by atoms with Crippen molar-refractivity contribution in [2.24, 2.45) is 11.8 Å². The van der Waals surface area contributed by atoms with Gasteiger partial charge in [0.2, 0.25) is 0 Å². The van der Waals surface area contributed by atoms with Gasteiger partial charge < -0.3 is 10.4 Å². The second-order valence-electron chi connectivity index (χ2n) is 6.51. The molecule has 18 heavy (non-hydrogen) atoms. The van der Waals surface area contributed by atoms with E-state index in [0.29, 0.717) is 6.04 Å². The predicted molar refractivity (Wildman–Crippen MR) is 76.6 cm³/mol. The van der Waals surface area contributed by atoms with Gasteiger partial charge in [-0.2, -0.15) is 0 Å². The summed E-state index contributed by atoms with van der Waals surface area (Å²) in [6.07, 6.45) is 13.1. The van der Waals surface area contributed by atoms with Crippen LogP contribution >= 0.6 is 0 Å². The maximum absolute atomic E-state index is 10.1. The van der Waals surface area contributed by atoms with Gasteiger partial charge in [0.25, 0.3) is 0 Å². The molecule has 106 valence electrons. The molecule has 2 N–H and O–H groups in total. The molecule has 0 aromatic heterocycles. The van der Waals surface area contributed by atoms with Crippen LogP contribution < -0.4 is 5.32 Å². The Bertz CT molecular complexity index is 225. The van der Waals surface area contributed by atoms with Gasteiger partial charge in [0, 0.05) is 12.6 Å². The van der Waals surface area contributed by atoms with Crippen LogP contribution in [-0.2, 0) is 0 Å². The molecule has 2 fully saturated rings. The maximum atomic E-state index is 10.1. The topological polar surface area (TPSA) is 32.3 Å². The highest BCUT2D eigenvalue weighted by atomic mass is 16.3. The van der Waals surface area contributed by atoms with E-state index in [0.717, 1.165) is 24.8 Å². The van der Waals surface area contributed by atoms with E-state index in [1.54, 1.807) is 0 Å². The van der Waals surface area contributed by atoms with Crippen LogP contribution in [0.2, 0.25) is 0 Å². The minimum Gasteiger partial charge on any atom is -0.392 e. The van der Waals surface area contributed by atoms with Crippen molar-refractivity contribution in [1.82, 2.24) is 5.32 Å². The average Bonchev–Trinajstić information content (AvgIpc) is 2.89. The molecule has 0 aromatic rings. The Balaban J connectivity index is 1.65. The lowest BCUT2D eigenvalue weighted by atomic mass is 9.83. The van der Waals surface area contributed by atoms with Crippen LogP contribution in [-0.4, -0.2) is 23.8 Å². The normalized spacial score (nSPS) is 31.7. The molecule has 2 aliphatic carbocycles. The van der Waals surface area contributed by atoms with Gasteiger partial charge in [-0.3, -0.25) is 0 Å². The van der Waals surface area contributed by atoms with Crippen LogP contribution in [0.15, 0.2) is 0 Å². The van der Waals surface area contributed by atoms with Crippen molar-refractivity contribution < 1.29 is 5.11 Å². The summed E-state index contributed by atoms with van der Waals surface area (Å²) in [6.45, 7) is 3.12. The van der Waals surface area contributed by atoms with Crippen molar-refractivity contribution in [2.45, 2.75) is 83.3 Å². The smallest absolute Gasteiger partial charge is 0.0667 e. The Kier molecular flexibility index (Phi) is 5.97. The van der Waals surface area contributed by atoms with E-state index in [1.165, 1.54) is 57.8 Å². The molecule has 2 heteroatoms. The molecule has 2 aliphatic rings. The Morgan fingerprint density at radius 1 is 1.06 bits per heavy atom. The fraction of sp³-hybridized carbons (Fsp3) is 1.00. The van der Waals surface area contributed by atoms with Crippen molar-refractivity contribution in [3.63, 3.8) is 0 Å². The van der Waals surface area contributed by atoms with E-state index >= 15 is 0 Å². The number of rotatable bonds is 6. The molecule has 3 unspecified atom stereocenters. The van der Waals surface area contributed by atoms with E-state index < -0.39 is 0 Å². The van der Waals surface area contributed by atoms with E-state index in [4.69, 9.17) is 0 Å². The van der Waals surface area contributed by atoms with Gasteiger partial charge in [0.1, 0.15) is 0 Å². The highest BCUT2D eigenvalue weighted by Crippen LogP contribution is 2.29. The molecule has 0 saturated heterocycles. The Morgan fingerprint density at radius 2 is 1.72 bits per heavy atom. The first-order chi connectivity index (χ1) is 8.79. The molecule has 0 heterocycles. The first-order valence-electron chi connectivity index (χ1n) is 8.21. The lowest BCUT2D eigenvalue weighted by Crippen LogP contribution is -2.42. The van der Waals surface area contributed by atoms with E-state index in [-0.39, 0.29) is 6.10 Å². The predicted octanol–water partition coefficient (Wildman–Crippen LogP) is 3.49. The summed E-state index contributed by atoms with van der Waals surface area (Å²) in [6, 6.07) is 0.668.